The second-order valence-electron chi connectivity index (χ2n) is 4.67. The fourth-order valence-electron chi connectivity index (χ4n) is 2.42. The maximum Gasteiger partial charge on any atom is 0.307 e. The summed E-state index contributed by atoms with van der Waals surface area (Å²) in [6.07, 6.45) is 0. The van der Waals surface area contributed by atoms with Crippen molar-refractivity contribution in [3.8, 4) is 0 Å². The van der Waals surface area contributed by atoms with Gasteiger partial charge in [-0.05, 0) is 23.1 Å². The zero-order valence-electron chi connectivity index (χ0n) is 8.70. The van der Waals surface area contributed by atoms with E-state index in [0.717, 1.165) is 5.56 Å². The molecular formula is C12H13ClO2. The Kier molecular flexibility index (Phi) is 2.27. The Labute approximate surface area is 93.9 Å². The summed E-state index contributed by atoms with van der Waals surface area (Å²) >= 11 is 5.89. The molecule has 0 saturated heterocycles. The van der Waals surface area contributed by atoms with Crippen molar-refractivity contribution in [3.05, 3.63) is 34.9 Å². The van der Waals surface area contributed by atoms with Gasteiger partial charge in [0.25, 0.3) is 0 Å². The van der Waals surface area contributed by atoms with E-state index in [1.54, 1.807) is 6.07 Å². The van der Waals surface area contributed by atoms with Crippen LogP contribution in [0.15, 0.2) is 24.3 Å². The molecule has 2 nitrogen and oxygen atoms in total. The molecule has 0 bridgehead atoms. The van der Waals surface area contributed by atoms with Gasteiger partial charge in [-0.1, -0.05) is 37.6 Å². The van der Waals surface area contributed by atoms with Crippen LogP contribution in [0.3, 0.4) is 0 Å². The van der Waals surface area contributed by atoms with E-state index in [1.165, 1.54) is 0 Å². The van der Waals surface area contributed by atoms with Crippen LogP contribution in [0, 0.1) is 11.3 Å². The molecule has 80 valence electrons. The highest BCUT2D eigenvalue weighted by Crippen LogP contribution is 2.64. The van der Waals surface area contributed by atoms with Crippen LogP contribution >= 0.6 is 11.6 Å². The zero-order valence-corrected chi connectivity index (χ0v) is 9.45. The van der Waals surface area contributed by atoms with Gasteiger partial charge >= 0.3 is 5.97 Å². The summed E-state index contributed by atoms with van der Waals surface area (Å²) in [4.78, 5) is 11.0. The lowest BCUT2D eigenvalue weighted by atomic mass is 10.0. The summed E-state index contributed by atoms with van der Waals surface area (Å²) in [5.41, 5.74) is 0.871. The van der Waals surface area contributed by atoms with Gasteiger partial charge in [0.05, 0.1) is 5.92 Å². The fraction of sp³-hybridized carbons (Fsp3) is 0.417. The van der Waals surface area contributed by atoms with Crippen molar-refractivity contribution in [3.63, 3.8) is 0 Å². The van der Waals surface area contributed by atoms with Crippen molar-refractivity contribution in [1.29, 1.82) is 0 Å². The lowest BCUT2D eigenvalue weighted by Gasteiger charge is -2.02. The Balaban J connectivity index is 2.31. The van der Waals surface area contributed by atoms with Gasteiger partial charge in [0.15, 0.2) is 0 Å². The van der Waals surface area contributed by atoms with Crippen molar-refractivity contribution >= 4 is 17.6 Å². The zero-order chi connectivity index (χ0) is 11.2. The molecule has 0 heterocycles. The number of carboxylic acid groups (broad SMARTS) is 1. The Morgan fingerprint density at radius 2 is 2.13 bits per heavy atom. The first-order valence-corrected chi connectivity index (χ1v) is 5.30. The molecule has 0 radical (unpaired) electrons. The highest BCUT2D eigenvalue weighted by molar-refractivity contribution is 6.30. The van der Waals surface area contributed by atoms with Crippen molar-refractivity contribution in [1.82, 2.24) is 0 Å². The number of halogens is 1. The average Bonchev–Trinajstić information content (AvgIpc) is 2.69. The summed E-state index contributed by atoms with van der Waals surface area (Å²) in [5, 5.41) is 9.72. The molecule has 0 amide bonds. The van der Waals surface area contributed by atoms with Gasteiger partial charge in [-0.2, -0.15) is 0 Å². The average molecular weight is 225 g/mol. The van der Waals surface area contributed by atoms with Gasteiger partial charge in [0.1, 0.15) is 0 Å². The summed E-state index contributed by atoms with van der Waals surface area (Å²) in [6.45, 7) is 3.97. The van der Waals surface area contributed by atoms with E-state index in [2.05, 4.69) is 0 Å². The van der Waals surface area contributed by atoms with E-state index >= 15 is 0 Å². The molecule has 1 aliphatic rings. The summed E-state index contributed by atoms with van der Waals surface area (Å²) in [6, 6.07) is 7.47. The number of benzene rings is 1. The quantitative estimate of drug-likeness (QED) is 0.838. The highest BCUT2D eigenvalue weighted by Gasteiger charge is 2.62. The second kappa shape index (κ2) is 3.24. The third-order valence-electron chi connectivity index (χ3n) is 3.30. The number of carboxylic acids is 1. The molecule has 0 aromatic heterocycles. The Morgan fingerprint density at radius 3 is 2.60 bits per heavy atom. The first-order chi connectivity index (χ1) is 6.94. The summed E-state index contributed by atoms with van der Waals surface area (Å²) in [7, 11) is 0. The molecule has 1 fully saturated rings. The number of rotatable bonds is 2. The maximum atomic E-state index is 11.0. The molecule has 0 spiro atoms. The van der Waals surface area contributed by atoms with Gasteiger partial charge in [-0.3, -0.25) is 4.79 Å². The van der Waals surface area contributed by atoms with E-state index in [-0.39, 0.29) is 17.3 Å². The molecule has 3 heteroatoms. The smallest absolute Gasteiger partial charge is 0.307 e. The summed E-state index contributed by atoms with van der Waals surface area (Å²) in [5.74, 6) is -0.908. The van der Waals surface area contributed by atoms with Crippen LogP contribution < -0.4 is 0 Å². The maximum absolute atomic E-state index is 11.0. The fourth-order valence-corrected chi connectivity index (χ4v) is 2.62. The van der Waals surface area contributed by atoms with Gasteiger partial charge in [0, 0.05) is 10.9 Å². The van der Waals surface area contributed by atoms with Crippen LogP contribution in [0.1, 0.15) is 25.3 Å². The lowest BCUT2D eigenvalue weighted by molar-refractivity contribution is -0.139. The van der Waals surface area contributed by atoms with Crippen LogP contribution in [0.2, 0.25) is 5.02 Å². The highest BCUT2D eigenvalue weighted by atomic mass is 35.5. The largest absolute Gasteiger partial charge is 0.481 e. The van der Waals surface area contributed by atoms with Gasteiger partial charge < -0.3 is 5.11 Å². The van der Waals surface area contributed by atoms with E-state index in [0.29, 0.717) is 5.02 Å². The van der Waals surface area contributed by atoms with Gasteiger partial charge in [0.2, 0.25) is 0 Å². The first kappa shape index (κ1) is 10.5. The minimum atomic E-state index is -0.718. The van der Waals surface area contributed by atoms with Crippen LogP contribution in [-0.2, 0) is 4.79 Å². The SMILES string of the molecule is CC1(C)C(c2cccc(Cl)c2)[C@H]1C(=O)O. The third-order valence-corrected chi connectivity index (χ3v) is 3.54. The molecule has 1 N–H and O–H groups in total. The van der Waals surface area contributed by atoms with Crippen LogP contribution in [0.4, 0.5) is 0 Å². The van der Waals surface area contributed by atoms with Crippen molar-refractivity contribution in [2.75, 3.05) is 0 Å². The number of aliphatic carboxylic acids is 1. The lowest BCUT2D eigenvalue weighted by Crippen LogP contribution is -2.03. The van der Waals surface area contributed by atoms with Gasteiger partial charge in [-0.15, -0.1) is 0 Å². The molecule has 1 saturated carbocycles. The minimum absolute atomic E-state index is 0.0914. The van der Waals surface area contributed by atoms with Crippen molar-refractivity contribution < 1.29 is 9.90 Å². The van der Waals surface area contributed by atoms with Crippen LogP contribution in [0.5, 0.6) is 0 Å². The van der Waals surface area contributed by atoms with E-state index in [1.807, 2.05) is 32.0 Å². The monoisotopic (exact) mass is 224 g/mol. The minimum Gasteiger partial charge on any atom is -0.481 e. The molecule has 0 aliphatic heterocycles. The molecule has 1 aliphatic carbocycles. The molecule has 2 atom stereocenters. The molecule has 1 unspecified atom stereocenters. The second-order valence-corrected chi connectivity index (χ2v) is 5.11. The van der Waals surface area contributed by atoms with E-state index in [4.69, 9.17) is 16.7 Å². The topological polar surface area (TPSA) is 37.3 Å². The van der Waals surface area contributed by atoms with Gasteiger partial charge in [-0.25, -0.2) is 0 Å². The third kappa shape index (κ3) is 1.63. The number of carbonyl (C=O) groups is 1. The summed E-state index contributed by atoms with van der Waals surface area (Å²) < 4.78 is 0. The molecule has 1 aromatic rings. The standard InChI is InChI=1S/C12H13ClO2/c1-12(2)9(10(12)11(14)15)7-4-3-5-8(13)6-7/h3-6,9-10H,1-2H3,(H,14,15)/t9?,10-/m0/s1. The Bertz CT molecular complexity index is 412. The molecular weight excluding hydrogens is 212 g/mol. The predicted octanol–water partition coefficient (Wildman–Crippen LogP) is 3.16. The first-order valence-electron chi connectivity index (χ1n) is 4.93. The van der Waals surface area contributed by atoms with E-state index in [9.17, 15) is 4.79 Å². The van der Waals surface area contributed by atoms with Crippen LogP contribution in [-0.4, -0.2) is 11.1 Å². The Morgan fingerprint density at radius 1 is 1.47 bits per heavy atom. The van der Waals surface area contributed by atoms with Crippen molar-refractivity contribution in [2.24, 2.45) is 11.3 Å². The molecule has 2 rings (SSSR count). The normalized spacial score (nSPS) is 27.4. The number of hydrogen-bond acceptors (Lipinski definition) is 1. The van der Waals surface area contributed by atoms with E-state index < -0.39 is 5.97 Å². The number of hydrogen-bond donors (Lipinski definition) is 1. The van der Waals surface area contributed by atoms with Crippen molar-refractivity contribution in [2.45, 2.75) is 19.8 Å². The molecule has 1 aromatic carbocycles. The Hall–Kier alpha value is -1.02. The van der Waals surface area contributed by atoms with Crippen LogP contribution in [0.25, 0.3) is 0 Å². The molecule has 15 heavy (non-hydrogen) atoms. The predicted molar refractivity (Wildman–Crippen MR) is 59.1 cm³/mol.